The lowest BCUT2D eigenvalue weighted by Crippen LogP contribution is -2.43. The molecule has 13 heavy (non-hydrogen) atoms. The summed E-state index contributed by atoms with van der Waals surface area (Å²) in [6, 6.07) is 7.69. The molecule has 1 aromatic rings. The zero-order valence-corrected chi connectivity index (χ0v) is 8.34. The number of hydrogen-bond donors (Lipinski definition) is 2. The molecule has 0 spiro atoms. The molecule has 1 aromatic carbocycles. The summed E-state index contributed by atoms with van der Waals surface area (Å²) < 4.78 is 0. The number of aliphatic hydroxyl groups is 1. The van der Waals surface area contributed by atoms with E-state index in [0.29, 0.717) is 5.75 Å². The first-order chi connectivity index (χ1) is 6.14. The van der Waals surface area contributed by atoms with Gasteiger partial charge >= 0.3 is 0 Å². The fourth-order valence-electron chi connectivity index (χ4n) is 1.59. The lowest BCUT2D eigenvalue weighted by atomic mass is 9.90. The van der Waals surface area contributed by atoms with Gasteiger partial charge in [-0.25, -0.2) is 0 Å². The summed E-state index contributed by atoms with van der Waals surface area (Å²) in [7, 11) is 0. The summed E-state index contributed by atoms with van der Waals surface area (Å²) >= 11 is 1.67. The smallest absolute Gasteiger partial charge is 0.115 e. The van der Waals surface area contributed by atoms with Crippen molar-refractivity contribution >= 4 is 11.8 Å². The van der Waals surface area contributed by atoms with Gasteiger partial charge in [0.25, 0.3) is 0 Å². The van der Waals surface area contributed by atoms with Gasteiger partial charge in [-0.1, -0.05) is 18.2 Å². The molecule has 2 rings (SSSR count). The highest BCUT2D eigenvalue weighted by Crippen LogP contribution is 2.43. The summed E-state index contributed by atoms with van der Waals surface area (Å²) in [5.74, 6) is 0.671. The predicted octanol–water partition coefficient (Wildman–Crippen LogP) is 1.33. The van der Waals surface area contributed by atoms with E-state index in [1.54, 1.807) is 11.8 Å². The van der Waals surface area contributed by atoms with Gasteiger partial charge in [0.1, 0.15) is 5.60 Å². The van der Waals surface area contributed by atoms with Gasteiger partial charge in [-0.05, 0) is 18.6 Å². The van der Waals surface area contributed by atoms with Gasteiger partial charge in [-0.2, -0.15) is 0 Å². The van der Waals surface area contributed by atoms with Crippen LogP contribution < -0.4 is 5.73 Å². The van der Waals surface area contributed by atoms with E-state index in [9.17, 15) is 5.11 Å². The maximum atomic E-state index is 10.3. The second-order valence-electron chi connectivity index (χ2n) is 3.50. The van der Waals surface area contributed by atoms with Crippen LogP contribution in [0.3, 0.4) is 0 Å². The fraction of sp³-hybridized carbons (Fsp3) is 0.400. The Bertz CT molecular complexity index is 326. The van der Waals surface area contributed by atoms with Crippen molar-refractivity contribution < 1.29 is 5.11 Å². The molecule has 2 atom stereocenters. The van der Waals surface area contributed by atoms with Crippen molar-refractivity contribution in [3.05, 3.63) is 29.8 Å². The van der Waals surface area contributed by atoms with Crippen LogP contribution in [0, 0.1) is 0 Å². The first-order valence-electron chi connectivity index (χ1n) is 4.35. The minimum Gasteiger partial charge on any atom is -0.383 e. The largest absolute Gasteiger partial charge is 0.383 e. The van der Waals surface area contributed by atoms with E-state index >= 15 is 0 Å². The van der Waals surface area contributed by atoms with E-state index in [4.69, 9.17) is 5.73 Å². The Kier molecular flexibility index (Phi) is 2.10. The van der Waals surface area contributed by atoms with Crippen molar-refractivity contribution in [1.82, 2.24) is 0 Å². The van der Waals surface area contributed by atoms with Crippen molar-refractivity contribution in [2.75, 3.05) is 5.75 Å². The van der Waals surface area contributed by atoms with Crippen LogP contribution in [0.2, 0.25) is 0 Å². The second-order valence-corrected chi connectivity index (χ2v) is 4.51. The van der Waals surface area contributed by atoms with Crippen LogP contribution >= 0.6 is 11.8 Å². The third-order valence-corrected chi connectivity index (χ3v) is 3.81. The molecule has 2 nitrogen and oxygen atoms in total. The molecular weight excluding hydrogens is 182 g/mol. The minimum absolute atomic E-state index is 0.219. The fourth-order valence-corrected chi connectivity index (χ4v) is 2.96. The molecule has 0 saturated carbocycles. The Hall–Kier alpha value is -0.510. The molecule has 0 fully saturated rings. The van der Waals surface area contributed by atoms with Gasteiger partial charge in [0.2, 0.25) is 0 Å². The third kappa shape index (κ3) is 1.27. The van der Waals surface area contributed by atoms with Gasteiger partial charge in [-0.3, -0.25) is 0 Å². The number of rotatable bonds is 1. The zero-order chi connectivity index (χ0) is 9.47. The molecule has 3 heteroatoms. The van der Waals surface area contributed by atoms with E-state index < -0.39 is 5.60 Å². The highest BCUT2D eigenvalue weighted by Gasteiger charge is 2.40. The van der Waals surface area contributed by atoms with Gasteiger partial charge in [-0.15, -0.1) is 11.8 Å². The molecule has 0 aliphatic carbocycles. The third-order valence-electron chi connectivity index (χ3n) is 2.55. The van der Waals surface area contributed by atoms with Crippen molar-refractivity contribution in [1.29, 1.82) is 0 Å². The number of thioether (sulfide) groups is 1. The number of benzene rings is 1. The number of hydrogen-bond acceptors (Lipinski definition) is 3. The van der Waals surface area contributed by atoms with E-state index in [-0.39, 0.29) is 6.04 Å². The van der Waals surface area contributed by atoms with Crippen molar-refractivity contribution in [2.45, 2.75) is 23.5 Å². The van der Waals surface area contributed by atoms with Crippen LogP contribution in [-0.4, -0.2) is 16.9 Å². The summed E-state index contributed by atoms with van der Waals surface area (Å²) in [4.78, 5) is 1.15. The molecule has 1 aliphatic heterocycles. The topological polar surface area (TPSA) is 46.2 Å². The van der Waals surface area contributed by atoms with Gasteiger partial charge in [0.15, 0.2) is 0 Å². The van der Waals surface area contributed by atoms with E-state index in [1.165, 1.54) is 0 Å². The Balaban J connectivity index is 2.49. The van der Waals surface area contributed by atoms with Crippen LogP contribution in [-0.2, 0) is 5.60 Å². The first-order valence-corrected chi connectivity index (χ1v) is 5.33. The average molecular weight is 195 g/mol. The average Bonchev–Trinajstić information content (AvgIpc) is 2.47. The monoisotopic (exact) mass is 195 g/mol. The van der Waals surface area contributed by atoms with Gasteiger partial charge in [0, 0.05) is 16.7 Å². The molecule has 2 unspecified atom stereocenters. The molecular formula is C10H13NOS. The maximum absolute atomic E-state index is 10.3. The minimum atomic E-state index is -0.832. The van der Waals surface area contributed by atoms with Crippen molar-refractivity contribution in [3.8, 4) is 0 Å². The quantitative estimate of drug-likeness (QED) is 0.710. The lowest BCUT2D eigenvalue weighted by molar-refractivity contribution is 0.0412. The van der Waals surface area contributed by atoms with Crippen LogP contribution in [0.5, 0.6) is 0 Å². The summed E-state index contributed by atoms with van der Waals surface area (Å²) in [5.41, 5.74) is 5.93. The Morgan fingerprint density at radius 1 is 1.54 bits per heavy atom. The van der Waals surface area contributed by atoms with Crippen LogP contribution in [0.25, 0.3) is 0 Å². The van der Waals surface area contributed by atoms with E-state index in [0.717, 1.165) is 10.5 Å². The Morgan fingerprint density at radius 3 is 2.92 bits per heavy atom. The Morgan fingerprint density at radius 2 is 2.23 bits per heavy atom. The molecule has 3 N–H and O–H groups in total. The van der Waals surface area contributed by atoms with E-state index in [1.807, 2.05) is 31.2 Å². The van der Waals surface area contributed by atoms with Gasteiger partial charge < -0.3 is 10.8 Å². The van der Waals surface area contributed by atoms with Crippen molar-refractivity contribution in [3.63, 3.8) is 0 Å². The van der Waals surface area contributed by atoms with Crippen LogP contribution in [0.4, 0.5) is 0 Å². The molecule has 0 bridgehead atoms. The summed E-state index contributed by atoms with van der Waals surface area (Å²) in [6.07, 6.45) is 0. The molecule has 70 valence electrons. The van der Waals surface area contributed by atoms with Gasteiger partial charge in [0.05, 0.1) is 0 Å². The highest BCUT2D eigenvalue weighted by atomic mass is 32.2. The number of nitrogens with two attached hydrogens (primary N) is 1. The molecule has 0 aromatic heterocycles. The molecule has 1 aliphatic rings. The predicted molar refractivity (Wildman–Crippen MR) is 54.7 cm³/mol. The molecule has 0 saturated heterocycles. The SMILES string of the molecule is CC(N)C1(O)CSc2ccccc21. The maximum Gasteiger partial charge on any atom is 0.115 e. The molecule has 0 radical (unpaired) electrons. The standard InChI is InChI=1S/C10H13NOS/c1-7(11)10(12)6-13-9-5-3-2-4-8(9)10/h2-5,7,12H,6,11H2,1H3. The Labute approximate surface area is 82.1 Å². The summed E-state index contributed by atoms with van der Waals surface area (Å²) in [5, 5.41) is 10.3. The zero-order valence-electron chi connectivity index (χ0n) is 7.53. The van der Waals surface area contributed by atoms with E-state index in [2.05, 4.69) is 0 Å². The van der Waals surface area contributed by atoms with Crippen LogP contribution in [0.1, 0.15) is 12.5 Å². The lowest BCUT2D eigenvalue weighted by Gasteiger charge is -2.27. The van der Waals surface area contributed by atoms with Crippen LogP contribution in [0.15, 0.2) is 29.2 Å². The van der Waals surface area contributed by atoms with Crippen molar-refractivity contribution in [2.24, 2.45) is 5.73 Å². The first kappa shape index (κ1) is 9.06. The number of fused-ring (bicyclic) bond motifs is 1. The summed E-state index contributed by atoms with van der Waals surface area (Å²) in [6.45, 7) is 1.85. The second kappa shape index (κ2) is 3.01. The molecule has 1 heterocycles. The normalized spacial score (nSPS) is 28.5. The highest BCUT2D eigenvalue weighted by molar-refractivity contribution is 7.99. The molecule has 0 amide bonds.